The van der Waals surface area contributed by atoms with Gasteiger partial charge in [0.2, 0.25) is 0 Å². The molecular weight excluding hydrogens is 276 g/mol. The minimum Gasteiger partial charge on any atom is -0.494 e. The van der Waals surface area contributed by atoms with Gasteiger partial charge in [0.15, 0.2) is 0 Å². The van der Waals surface area contributed by atoms with E-state index in [9.17, 15) is 4.79 Å². The van der Waals surface area contributed by atoms with Crippen LogP contribution in [0.4, 0.5) is 0 Å². The van der Waals surface area contributed by atoms with E-state index in [-0.39, 0.29) is 5.91 Å². The van der Waals surface area contributed by atoms with Crippen molar-refractivity contribution in [2.45, 2.75) is 26.7 Å². The quantitative estimate of drug-likeness (QED) is 0.842. The lowest BCUT2D eigenvalue weighted by Gasteiger charge is -2.17. The molecule has 4 heteroatoms. The molecule has 0 aliphatic carbocycles. The van der Waals surface area contributed by atoms with Crippen molar-refractivity contribution in [2.24, 2.45) is 11.8 Å². The van der Waals surface area contributed by atoms with E-state index < -0.39 is 0 Å². The van der Waals surface area contributed by atoms with Crippen molar-refractivity contribution in [1.82, 2.24) is 10.2 Å². The third-order valence-electron chi connectivity index (χ3n) is 4.13. The summed E-state index contributed by atoms with van der Waals surface area (Å²) < 4.78 is 5.69. The van der Waals surface area contributed by atoms with Gasteiger partial charge in [0.25, 0.3) is 5.91 Å². The topological polar surface area (TPSA) is 41.6 Å². The molecule has 1 atom stereocenters. The fourth-order valence-corrected chi connectivity index (χ4v) is 2.76. The lowest BCUT2D eigenvalue weighted by atomic mass is 10.1. The number of carbonyl (C=O) groups is 1. The van der Waals surface area contributed by atoms with E-state index in [4.69, 9.17) is 4.74 Å². The molecule has 0 saturated carbocycles. The van der Waals surface area contributed by atoms with Gasteiger partial charge in [-0.1, -0.05) is 13.8 Å². The van der Waals surface area contributed by atoms with Crippen LogP contribution in [0, 0.1) is 11.8 Å². The number of amides is 1. The van der Waals surface area contributed by atoms with E-state index in [0.29, 0.717) is 11.8 Å². The number of rotatable bonds is 7. The summed E-state index contributed by atoms with van der Waals surface area (Å²) in [5, 5.41) is 3.19. The number of nitrogens with one attached hydrogen (secondary N) is 1. The lowest BCUT2D eigenvalue weighted by Crippen LogP contribution is -2.30. The van der Waals surface area contributed by atoms with Gasteiger partial charge in [-0.05, 0) is 62.5 Å². The third kappa shape index (κ3) is 4.73. The van der Waals surface area contributed by atoms with Crippen LogP contribution in [0.15, 0.2) is 24.3 Å². The van der Waals surface area contributed by atoms with E-state index in [1.54, 1.807) is 0 Å². The van der Waals surface area contributed by atoms with E-state index >= 15 is 0 Å². The Labute approximate surface area is 133 Å². The molecule has 1 heterocycles. The van der Waals surface area contributed by atoms with E-state index in [0.717, 1.165) is 50.4 Å². The van der Waals surface area contributed by atoms with Crippen molar-refractivity contribution in [2.75, 3.05) is 33.3 Å². The number of likely N-dealkylation sites (tertiary alicyclic amines) is 1. The SMILES string of the molecule is CNCC1CCN(C(=O)c2ccc(OCCC(C)C)cc2)C1. The van der Waals surface area contributed by atoms with Crippen LogP contribution in [0.1, 0.15) is 37.0 Å². The summed E-state index contributed by atoms with van der Waals surface area (Å²) in [6.07, 6.45) is 2.13. The Morgan fingerprint density at radius 3 is 2.73 bits per heavy atom. The van der Waals surface area contributed by atoms with Crippen LogP contribution in [0.5, 0.6) is 5.75 Å². The molecule has 1 fully saturated rings. The van der Waals surface area contributed by atoms with Crippen LogP contribution in [0.25, 0.3) is 0 Å². The van der Waals surface area contributed by atoms with E-state index in [1.807, 2.05) is 36.2 Å². The second kappa shape index (κ2) is 8.18. The summed E-state index contributed by atoms with van der Waals surface area (Å²) >= 11 is 0. The second-order valence-electron chi connectivity index (χ2n) is 6.52. The summed E-state index contributed by atoms with van der Waals surface area (Å²) in [6.45, 7) is 7.78. The molecule has 2 rings (SSSR count). The van der Waals surface area contributed by atoms with Gasteiger partial charge < -0.3 is 15.0 Å². The van der Waals surface area contributed by atoms with E-state index in [2.05, 4.69) is 19.2 Å². The fourth-order valence-electron chi connectivity index (χ4n) is 2.76. The van der Waals surface area contributed by atoms with Gasteiger partial charge in [0.05, 0.1) is 6.61 Å². The maximum atomic E-state index is 12.5. The average Bonchev–Trinajstić information content (AvgIpc) is 2.96. The van der Waals surface area contributed by atoms with Gasteiger partial charge in [0, 0.05) is 18.7 Å². The highest BCUT2D eigenvalue weighted by Gasteiger charge is 2.26. The smallest absolute Gasteiger partial charge is 0.253 e. The number of nitrogens with zero attached hydrogens (tertiary/aromatic N) is 1. The highest BCUT2D eigenvalue weighted by Crippen LogP contribution is 2.20. The van der Waals surface area contributed by atoms with E-state index in [1.165, 1.54) is 0 Å². The minimum absolute atomic E-state index is 0.132. The average molecular weight is 304 g/mol. The van der Waals surface area contributed by atoms with Gasteiger partial charge in [-0.15, -0.1) is 0 Å². The normalized spacial score (nSPS) is 18.0. The van der Waals surface area contributed by atoms with Crippen molar-refractivity contribution >= 4 is 5.91 Å². The van der Waals surface area contributed by atoms with Crippen molar-refractivity contribution in [1.29, 1.82) is 0 Å². The molecule has 1 aliphatic rings. The molecule has 0 radical (unpaired) electrons. The molecule has 1 amide bonds. The van der Waals surface area contributed by atoms with Crippen LogP contribution in [0.3, 0.4) is 0 Å². The Hall–Kier alpha value is -1.55. The summed E-state index contributed by atoms with van der Waals surface area (Å²) in [6, 6.07) is 7.54. The zero-order valence-corrected chi connectivity index (χ0v) is 14.0. The van der Waals surface area contributed by atoms with Crippen LogP contribution < -0.4 is 10.1 Å². The largest absolute Gasteiger partial charge is 0.494 e. The second-order valence-corrected chi connectivity index (χ2v) is 6.52. The van der Waals surface area contributed by atoms with Crippen LogP contribution in [-0.2, 0) is 0 Å². The van der Waals surface area contributed by atoms with Crippen molar-refractivity contribution in [3.63, 3.8) is 0 Å². The molecule has 22 heavy (non-hydrogen) atoms. The van der Waals surface area contributed by atoms with Crippen molar-refractivity contribution in [3.8, 4) is 5.75 Å². The molecule has 1 aliphatic heterocycles. The number of ether oxygens (including phenoxy) is 1. The van der Waals surface area contributed by atoms with Gasteiger partial charge >= 0.3 is 0 Å². The zero-order chi connectivity index (χ0) is 15.9. The summed E-state index contributed by atoms with van der Waals surface area (Å²) in [7, 11) is 1.96. The predicted molar refractivity (Wildman–Crippen MR) is 89.3 cm³/mol. The van der Waals surface area contributed by atoms with Gasteiger partial charge in [-0.3, -0.25) is 4.79 Å². The number of hydrogen-bond acceptors (Lipinski definition) is 3. The first-order valence-corrected chi connectivity index (χ1v) is 8.27. The number of benzene rings is 1. The van der Waals surface area contributed by atoms with Crippen LogP contribution in [-0.4, -0.2) is 44.1 Å². The Bertz CT molecular complexity index is 470. The molecule has 1 N–H and O–H groups in total. The highest BCUT2D eigenvalue weighted by atomic mass is 16.5. The molecule has 0 spiro atoms. The Morgan fingerprint density at radius 1 is 1.36 bits per heavy atom. The zero-order valence-electron chi connectivity index (χ0n) is 14.0. The first-order chi connectivity index (χ1) is 10.6. The van der Waals surface area contributed by atoms with Gasteiger partial charge in [-0.2, -0.15) is 0 Å². The maximum absolute atomic E-state index is 12.5. The molecule has 1 saturated heterocycles. The Kier molecular flexibility index (Phi) is 6.25. The lowest BCUT2D eigenvalue weighted by molar-refractivity contribution is 0.0787. The van der Waals surface area contributed by atoms with Gasteiger partial charge in [-0.25, -0.2) is 0 Å². The molecule has 1 unspecified atom stereocenters. The molecule has 0 aromatic heterocycles. The highest BCUT2D eigenvalue weighted by molar-refractivity contribution is 5.94. The molecule has 4 nitrogen and oxygen atoms in total. The first-order valence-electron chi connectivity index (χ1n) is 8.27. The van der Waals surface area contributed by atoms with Gasteiger partial charge in [0.1, 0.15) is 5.75 Å². The van der Waals surface area contributed by atoms with Crippen LogP contribution >= 0.6 is 0 Å². The van der Waals surface area contributed by atoms with Crippen molar-refractivity contribution < 1.29 is 9.53 Å². The fraction of sp³-hybridized carbons (Fsp3) is 0.611. The predicted octanol–water partition coefficient (Wildman–Crippen LogP) is 2.79. The Morgan fingerprint density at radius 2 is 2.09 bits per heavy atom. The minimum atomic E-state index is 0.132. The summed E-state index contributed by atoms with van der Waals surface area (Å²) in [4.78, 5) is 14.4. The summed E-state index contributed by atoms with van der Waals surface area (Å²) in [5.41, 5.74) is 0.751. The third-order valence-corrected chi connectivity index (χ3v) is 4.13. The standard InChI is InChI=1S/C18H28N2O2/c1-14(2)9-11-22-17-6-4-16(5-7-17)18(21)20-10-8-15(13-20)12-19-3/h4-7,14-15,19H,8-13H2,1-3H3. The number of hydrogen-bond donors (Lipinski definition) is 1. The maximum Gasteiger partial charge on any atom is 0.253 e. The molecule has 122 valence electrons. The summed E-state index contributed by atoms with van der Waals surface area (Å²) in [5.74, 6) is 2.19. The van der Waals surface area contributed by atoms with Crippen LogP contribution in [0.2, 0.25) is 0 Å². The number of carbonyl (C=O) groups excluding carboxylic acids is 1. The Balaban J connectivity index is 1.86. The molecule has 0 bridgehead atoms. The molecular formula is C18H28N2O2. The first kappa shape index (κ1) is 16.8. The monoisotopic (exact) mass is 304 g/mol. The molecule has 1 aromatic carbocycles. The molecule has 1 aromatic rings. The van der Waals surface area contributed by atoms with Crippen molar-refractivity contribution in [3.05, 3.63) is 29.8 Å².